The molecule has 0 aliphatic rings. The Kier molecular flexibility index (Phi) is 5.60. The van der Waals surface area contributed by atoms with Gasteiger partial charge in [0.25, 0.3) is 0 Å². The second-order valence-electron chi connectivity index (χ2n) is 12.8. The largest absolute Gasteiger partial charge is 0.309 e. The number of fused-ring (bicyclic) bond motifs is 3. The van der Waals surface area contributed by atoms with Gasteiger partial charge in [-0.25, -0.2) is 4.98 Å². The maximum absolute atomic E-state index is 5.22. The molecule has 5 nitrogen and oxygen atoms in total. The van der Waals surface area contributed by atoms with Gasteiger partial charge in [-0.1, -0.05) is 127 Å². The van der Waals surface area contributed by atoms with E-state index in [4.69, 9.17) is 15.0 Å². The van der Waals surface area contributed by atoms with Gasteiger partial charge >= 0.3 is 0 Å². The van der Waals surface area contributed by atoms with Crippen LogP contribution in [0.2, 0.25) is 0 Å². The fourth-order valence-electron chi connectivity index (χ4n) is 8.07. The van der Waals surface area contributed by atoms with Crippen molar-refractivity contribution in [2.45, 2.75) is 0 Å². The smallest absolute Gasteiger partial charge is 0.238 e. The number of hydrogen-bond acceptors (Lipinski definition) is 3. The van der Waals surface area contributed by atoms with E-state index in [2.05, 4.69) is 137 Å². The minimum absolute atomic E-state index is 0.591. The summed E-state index contributed by atoms with van der Waals surface area (Å²) < 4.78 is 4.66. The van der Waals surface area contributed by atoms with Crippen LogP contribution in [0.5, 0.6) is 0 Å². The summed E-state index contributed by atoms with van der Waals surface area (Å²) >= 11 is 0. The minimum Gasteiger partial charge on any atom is -0.309 e. The lowest BCUT2D eigenvalue weighted by Gasteiger charge is -2.11. The molecular formula is C45H27N5. The zero-order valence-corrected chi connectivity index (χ0v) is 26.8. The third-order valence-corrected chi connectivity index (χ3v) is 10.1. The van der Waals surface area contributed by atoms with Gasteiger partial charge < -0.3 is 4.57 Å². The third-order valence-electron chi connectivity index (χ3n) is 10.1. The maximum Gasteiger partial charge on any atom is 0.238 e. The molecule has 0 aliphatic carbocycles. The van der Waals surface area contributed by atoms with Crippen molar-refractivity contribution in [2.75, 3.05) is 0 Å². The predicted molar refractivity (Wildman–Crippen MR) is 206 cm³/mol. The van der Waals surface area contributed by atoms with E-state index in [0.29, 0.717) is 17.6 Å². The number of hydrogen-bond donors (Lipinski definition) is 0. The van der Waals surface area contributed by atoms with Crippen molar-refractivity contribution in [1.29, 1.82) is 0 Å². The van der Waals surface area contributed by atoms with Gasteiger partial charge in [0, 0.05) is 38.4 Å². The van der Waals surface area contributed by atoms with Gasteiger partial charge in [0.1, 0.15) is 0 Å². The first kappa shape index (κ1) is 27.1. The van der Waals surface area contributed by atoms with Gasteiger partial charge in [-0.05, 0) is 57.9 Å². The standard InChI is InChI=1S/C45H27N5/c1-4-14-28(15-5-1)43-46-44(29-16-6-2-7-17-29)48-45(47-43)50-36-25-13-23-34-32-21-11-10-20-31(32)33-22-12-24-35-39(33)41-37(26-27-38(50)42(41)40(34)36)49(35)30-18-8-3-9-19-30/h1-27H. The third kappa shape index (κ3) is 3.74. The summed E-state index contributed by atoms with van der Waals surface area (Å²) in [6, 6.07) is 57.8. The molecule has 0 saturated heterocycles. The normalized spacial score (nSPS) is 12.0. The highest BCUT2D eigenvalue weighted by molar-refractivity contribution is 6.39. The van der Waals surface area contributed by atoms with Crippen LogP contribution < -0.4 is 0 Å². The molecule has 0 aliphatic heterocycles. The molecule has 3 heterocycles. The Morgan fingerprint density at radius 1 is 0.300 bits per heavy atom. The summed E-state index contributed by atoms with van der Waals surface area (Å²) in [5.74, 6) is 1.87. The molecule has 0 radical (unpaired) electrons. The predicted octanol–water partition coefficient (Wildman–Crippen LogP) is 11.1. The van der Waals surface area contributed by atoms with Gasteiger partial charge in [0.05, 0.1) is 22.1 Å². The lowest BCUT2D eigenvalue weighted by atomic mass is 9.95. The van der Waals surface area contributed by atoms with Gasteiger partial charge in [-0.3, -0.25) is 4.57 Å². The summed E-state index contributed by atoms with van der Waals surface area (Å²) in [7, 11) is 0. The molecular weight excluding hydrogens is 611 g/mol. The lowest BCUT2D eigenvalue weighted by molar-refractivity contribution is 0.954. The lowest BCUT2D eigenvalue weighted by Crippen LogP contribution is -2.06. The van der Waals surface area contributed by atoms with E-state index in [0.717, 1.165) is 27.8 Å². The summed E-state index contributed by atoms with van der Waals surface area (Å²) in [6.45, 7) is 0. The molecule has 0 unspecified atom stereocenters. The first-order valence-corrected chi connectivity index (χ1v) is 16.9. The van der Waals surface area contributed by atoms with E-state index in [-0.39, 0.29) is 0 Å². The molecule has 0 N–H and O–H groups in total. The molecule has 3 aromatic heterocycles. The zero-order chi connectivity index (χ0) is 32.8. The number of aromatic nitrogens is 5. The molecule has 5 heteroatoms. The van der Waals surface area contributed by atoms with Crippen LogP contribution in [0.4, 0.5) is 0 Å². The Morgan fingerprint density at radius 3 is 1.26 bits per heavy atom. The fourth-order valence-corrected chi connectivity index (χ4v) is 8.07. The Bertz CT molecular complexity index is 3010. The van der Waals surface area contributed by atoms with Crippen LogP contribution in [-0.2, 0) is 0 Å². The molecule has 50 heavy (non-hydrogen) atoms. The first-order valence-electron chi connectivity index (χ1n) is 16.9. The van der Waals surface area contributed by atoms with E-state index in [9.17, 15) is 0 Å². The number of nitrogens with zero attached hydrogens (tertiary/aromatic N) is 5. The Hall–Kier alpha value is -6.85. The van der Waals surface area contributed by atoms with Crippen LogP contribution >= 0.6 is 0 Å². The second-order valence-corrected chi connectivity index (χ2v) is 12.8. The van der Waals surface area contributed by atoms with Crippen LogP contribution in [0.1, 0.15) is 0 Å². The van der Waals surface area contributed by atoms with Crippen LogP contribution in [0.3, 0.4) is 0 Å². The van der Waals surface area contributed by atoms with Crippen molar-refractivity contribution in [1.82, 2.24) is 24.1 Å². The SMILES string of the molecule is c1ccc(-c2nc(-c3ccccc3)nc(-n3c4cccc5c6ccccc6c6cccc7c6c6c(c54)c3ccc6n7-c3ccccc3)n2)cc1. The summed E-state index contributed by atoms with van der Waals surface area (Å²) in [5, 5.41) is 9.77. The molecule has 0 saturated carbocycles. The van der Waals surface area contributed by atoms with Crippen molar-refractivity contribution in [2.24, 2.45) is 0 Å². The van der Waals surface area contributed by atoms with E-state index >= 15 is 0 Å². The van der Waals surface area contributed by atoms with Crippen molar-refractivity contribution in [3.05, 3.63) is 164 Å². The second kappa shape index (κ2) is 10.3. The molecule has 0 fully saturated rings. The minimum atomic E-state index is 0.591. The van der Waals surface area contributed by atoms with Crippen LogP contribution in [0.15, 0.2) is 164 Å². The highest BCUT2D eigenvalue weighted by Crippen LogP contribution is 2.47. The highest BCUT2D eigenvalue weighted by atomic mass is 15.2. The molecule has 0 bridgehead atoms. The number of benzene rings is 7. The average Bonchev–Trinajstić information content (AvgIpc) is 3.71. The van der Waals surface area contributed by atoms with E-state index in [1.165, 1.54) is 54.1 Å². The zero-order valence-electron chi connectivity index (χ0n) is 26.8. The molecule has 0 atom stereocenters. The first-order chi connectivity index (χ1) is 24.8. The molecule has 11 rings (SSSR count). The van der Waals surface area contributed by atoms with Crippen molar-refractivity contribution >= 4 is 65.2 Å². The van der Waals surface area contributed by atoms with Gasteiger partial charge in [-0.2, -0.15) is 9.97 Å². The van der Waals surface area contributed by atoms with Crippen LogP contribution in [0.25, 0.3) is 99.6 Å². The Labute approximate surface area is 286 Å². The van der Waals surface area contributed by atoms with E-state index < -0.39 is 0 Å². The van der Waals surface area contributed by atoms with Crippen LogP contribution in [0, 0.1) is 0 Å². The number of para-hydroxylation sites is 1. The van der Waals surface area contributed by atoms with Crippen molar-refractivity contribution < 1.29 is 0 Å². The Balaban J connectivity index is 1.37. The summed E-state index contributed by atoms with van der Waals surface area (Å²) in [6.07, 6.45) is 0. The monoisotopic (exact) mass is 637 g/mol. The molecule has 11 aromatic rings. The number of rotatable bonds is 4. The topological polar surface area (TPSA) is 48.5 Å². The summed E-state index contributed by atoms with van der Waals surface area (Å²) in [5.41, 5.74) is 7.50. The van der Waals surface area contributed by atoms with Crippen molar-refractivity contribution in [3.63, 3.8) is 0 Å². The highest BCUT2D eigenvalue weighted by Gasteiger charge is 2.25. The Morgan fingerprint density at radius 2 is 0.720 bits per heavy atom. The molecule has 8 aromatic carbocycles. The van der Waals surface area contributed by atoms with Crippen molar-refractivity contribution in [3.8, 4) is 34.4 Å². The van der Waals surface area contributed by atoms with Gasteiger partial charge in [0.15, 0.2) is 11.6 Å². The fraction of sp³-hybridized carbons (Fsp3) is 0. The van der Waals surface area contributed by atoms with Gasteiger partial charge in [0.2, 0.25) is 5.95 Å². The quantitative estimate of drug-likeness (QED) is 0.193. The van der Waals surface area contributed by atoms with Gasteiger partial charge in [-0.15, -0.1) is 0 Å². The van der Waals surface area contributed by atoms with E-state index in [1.807, 2.05) is 36.4 Å². The molecule has 232 valence electrons. The molecule has 0 spiro atoms. The molecule has 0 amide bonds. The maximum atomic E-state index is 5.22. The van der Waals surface area contributed by atoms with E-state index in [1.54, 1.807) is 0 Å². The van der Waals surface area contributed by atoms with Crippen LogP contribution in [-0.4, -0.2) is 24.1 Å². The average molecular weight is 638 g/mol. The summed E-state index contributed by atoms with van der Waals surface area (Å²) in [4.78, 5) is 15.4.